The summed E-state index contributed by atoms with van der Waals surface area (Å²) in [6, 6.07) is 6.32. The molecule has 2 aromatic rings. The van der Waals surface area contributed by atoms with Crippen LogP contribution in [0.1, 0.15) is 11.1 Å². The van der Waals surface area contributed by atoms with Gasteiger partial charge in [-0.05, 0) is 30.3 Å². The van der Waals surface area contributed by atoms with Crippen molar-refractivity contribution in [3.63, 3.8) is 0 Å². The highest BCUT2D eigenvalue weighted by Crippen LogP contribution is 2.37. The van der Waals surface area contributed by atoms with Gasteiger partial charge in [0.15, 0.2) is 0 Å². The van der Waals surface area contributed by atoms with E-state index in [0.29, 0.717) is 12.3 Å². The standard InChI is InChI=1S/C20H18ClF3N2O4S/c1-2-8-31-9-7-25-19(27)11-13-10-15(4-5-17(13)26(28)29)30-18-6-3-14(12-16(18)21)20(22,23)24/h2-6,10,12H,1,7-9,11H2,(H,25,27). The van der Waals surface area contributed by atoms with E-state index in [1.54, 1.807) is 17.8 Å². The van der Waals surface area contributed by atoms with E-state index in [1.807, 2.05) is 0 Å². The minimum Gasteiger partial charge on any atom is -0.456 e. The maximum atomic E-state index is 12.8. The lowest BCUT2D eigenvalue weighted by Crippen LogP contribution is -2.27. The Balaban J connectivity index is 2.15. The molecule has 2 aromatic carbocycles. The molecule has 0 aliphatic heterocycles. The van der Waals surface area contributed by atoms with E-state index in [4.69, 9.17) is 16.3 Å². The van der Waals surface area contributed by atoms with Gasteiger partial charge in [-0.1, -0.05) is 17.7 Å². The molecule has 1 amide bonds. The fourth-order valence-corrected chi connectivity index (χ4v) is 3.30. The molecule has 0 unspecified atom stereocenters. The Morgan fingerprint density at radius 1 is 1.29 bits per heavy atom. The van der Waals surface area contributed by atoms with Crippen molar-refractivity contribution < 1.29 is 27.6 Å². The lowest BCUT2D eigenvalue weighted by atomic mass is 10.1. The average molecular weight is 475 g/mol. The van der Waals surface area contributed by atoms with Crippen LogP contribution in [-0.4, -0.2) is 28.9 Å². The second-order valence-corrected chi connectivity index (χ2v) is 7.74. The van der Waals surface area contributed by atoms with Gasteiger partial charge in [0.25, 0.3) is 5.69 Å². The third kappa shape index (κ3) is 7.48. The Hall–Kier alpha value is -2.72. The molecule has 1 N–H and O–H groups in total. The first-order valence-corrected chi connectivity index (χ1v) is 10.4. The van der Waals surface area contributed by atoms with Crippen LogP contribution in [0, 0.1) is 10.1 Å². The zero-order chi connectivity index (χ0) is 23.0. The molecule has 0 aromatic heterocycles. The first-order chi connectivity index (χ1) is 14.6. The van der Waals surface area contributed by atoms with Crippen LogP contribution >= 0.6 is 23.4 Å². The number of rotatable bonds is 10. The molecule has 166 valence electrons. The monoisotopic (exact) mass is 474 g/mol. The van der Waals surface area contributed by atoms with Crippen LogP contribution in [0.25, 0.3) is 0 Å². The summed E-state index contributed by atoms with van der Waals surface area (Å²) in [5, 5.41) is 13.7. The number of nitro benzene ring substituents is 1. The minimum absolute atomic E-state index is 0.0573. The van der Waals surface area contributed by atoms with Crippen molar-refractivity contribution in [2.75, 3.05) is 18.1 Å². The highest BCUT2D eigenvalue weighted by molar-refractivity contribution is 7.99. The molecule has 0 bridgehead atoms. The Morgan fingerprint density at radius 2 is 2.03 bits per heavy atom. The van der Waals surface area contributed by atoms with Crippen LogP contribution in [0.5, 0.6) is 11.5 Å². The van der Waals surface area contributed by atoms with Crippen molar-refractivity contribution in [3.8, 4) is 11.5 Å². The number of carbonyl (C=O) groups is 1. The van der Waals surface area contributed by atoms with E-state index in [9.17, 15) is 28.1 Å². The lowest BCUT2D eigenvalue weighted by molar-refractivity contribution is -0.385. The van der Waals surface area contributed by atoms with Crippen molar-refractivity contribution in [2.24, 2.45) is 0 Å². The lowest BCUT2D eigenvalue weighted by Gasteiger charge is -2.12. The number of halogens is 4. The van der Waals surface area contributed by atoms with Gasteiger partial charge in [-0.3, -0.25) is 14.9 Å². The Morgan fingerprint density at radius 3 is 2.65 bits per heavy atom. The summed E-state index contributed by atoms with van der Waals surface area (Å²) in [5.41, 5.74) is -1.11. The van der Waals surface area contributed by atoms with Gasteiger partial charge in [0.05, 0.1) is 21.9 Å². The number of carbonyl (C=O) groups excluding carboxylic acids is 1. The molecule has 0 fully saturated rings. The number of nitrogens with zero attached hydrogens (tertiary/aromatic N) is 1. The molecule has 11 heteroatoms. The molecule has 0 heterocycles. The number of hydrogen-bond donors (Lipinski definition) is 1. The van der Waals surface area contributed by atoms with E-state index in [1.165, 1.54) is 12.1 Å². The largest absolute Gasteiger partial charge is 0.456 e. The van der Waals surface area contributed by atoms with E-state index < -0.39 is 22.6 Å². The molecule has 0 radical (unpaired) electrons. The zero-order valence-electron chi connectivity index (χ0n) is 16.1. The van der Waals surface area contributed by atoms with Crippen LogP contribution in [0.4, 0.5) is 18.9 Å². The molecule has 6 nitrogen and oxygen atoms in total. The molecule has 0 saturated heterocycles. The average Bonchev–Trinajstić information content (AvgIpc) is 2.68. The second kappa shape index (κ2) is 11.1. The summed E-state index contributed by atoms with van der Waals surface area (Å²) >= 11 is 7.45. The van der Waals surface area contributed by atoms with Crippen molar-refractivity contribution in [2.45, 2.75) is 12.6 Å². The zero-order valence-corrected chi connectivity index (χ0v) is 17.6. The molecule has 31 heavy (non-hydrogen) atoms. The summed E-state index contributed by atoms with van der Waals surface area (Å²) in [7, 11) is 0. The Kier molecular flexibility index (Phi) is 8.76. The van der Waals surface area contributed by atoms with E-state index in [2.05, 4.69) is 11.9 Å². The fraction of sp³-hybridized carbons (Fsp3) is 0.250. The summed E-state index contributed by atoms with van der Waals surface area (Å²) in [6.45, 7) is 3.98. The van der Waals surface area contributed by atoms with Crippen LogP contribution in [0.15, 0.2) is 49.1 Å². The highest BCUT2D eigenvalue weighted by Gasteiger charge is 2.31. The number of hydrogen-bond acceptors (Lipinski definition) is 5. The van der Waals surface area contributed by atoms with E-state index in [-0.39, 0.29) is 34.2 Å². The van der Waals surface area contributed by atoms with Crippen molar-refractivity contribution in [1.29, 1.82) is 0 Å². The van der Waals surface area contributed by atoms with Gasteiger partial charge >= 0.3 is 6.18 Å². The third-order valence-electron chi connectivity index (χ3n) is 3.89. The summed E-state index contributed by atoms with van der Waals surface area (Å²) < 4.78 is 43.8. The van der Waals surface area contributed by atoms with Crippen molar-refractivity contribution in [3.05, 3.63) is 75.3 Å². The van der Waals surface area contributed by atoms with Crippen molar-refractivity contribution >= 4 is 35.0 Å². The summed E-state index contributed by atoms with van der Waals surface area (Å²) in [5.74, 6) is 1.03. The second-order valence-electron chi connectivity index (χ2n) is 6.18. The number of amides is 1. The van der Waals surface area contributed by atoms with Crippen LogP contribution in [-0.2, 0) is 17.4 Å². The highest BCUT2D eigenvalue weighted by atomic mass is 35.5. The third-order valence-corrected chi connectivity index (χ3v) is 5.15. The Labute approximate surface area is 185 Å². The maximum absolute atomic E-state index is 12.8. The van der Waals surface area contributed by atoms with Gasteiger partial charge < -0.3 is 10.1 Å². The molecular weight excluding hydrogens is 457 g/mol. The van der Waals surface area contributed by atoms with Crippen LogP contribution in [0.2, 0.25) is 5.02 Å². The number of nitro groups is 1. The normalized spacial score (nSPS) is 11.1. The van der Waals surface area contributed by atoms with Gasteiger partial charge in [-0.2, -0.15) is 24.9 Å². The van der Waals surface area contributed by atoms with E-state index in [0.717, 1.165) is 30.0 Å². The number of thioether (sulfide) groups is 1. The van der Waals surface area contributed by atoms with Crippen LogP contribution in [0.3, 0.4) is 0 Å². The minimum atomic E-state index is -4.56. The summed E-state index contributed by atoms with van der Waals surface area (Å²) in [6.07, 6.45) is -3.08. The molecule has 0 aliphatic rings. The topological polar surface area (TPSA) is 81.5 Å². The predicted octanol–water partition coefficient (Wildman–Crippen LogP) is 5.64. The maximum Gasteiger partial charge on any atom is 0.416 e. The number of benzene rings is 2. The van der Waals surface area contributed by atoms with Gasteiger partial charge in [-0.15, -0.1) is 6.58 Å². The van der Waals surface area contributed by atoms with Gasteiger partial charge in [0.1, 0.15) is 11.5 Å². The fourth-order valence-electron chi connectivity index (χ4n) is 2.50. The number of ether oxygens (including phenoxy) is 1. The van der Waals surface area contributed by atoms with Crippen molar-refractivity contribution in [1.82, 2.24) is 5.32 Å². The van der Waals surface area contributed by atoms with E-state index >= 15 is 0 Å². The first-order valence-electron chi connectivity index (χ1n) is 8.89. The Bertz CT molecular complexity index is 970. The predicted molar refractivity (Wildman–Crippen MR) is 114 cm³/mol. The number of nitrogens with one attached hydrogen (secondary N) is 1. The SMILES string of the molecule is C=CCSCCNC(=O)Cc1cc(Oc2ccc(C(F)(F)F)cc2Cl)ccc1[N+](=O)[O-]. The van der Waals surface area contributed by atoms with Gasteiger partial charge in [0, 0.05) is 29.7 Å². The molecule has 2 rings (SSSR count). The quantitative estimate of drug-likeness (QED) is 0.209. The smallest absolute Gasteiger partial charge is 0.416 e. The summed E-state index contributed by atoms with van der Waals surface area (Å²) in [4.78, 5) is 22.8. The molecule has 0 atom stereocenters. The number of alkyl halides is 3. The van der Waals surface area contributed by atoms with Gasteiger partial charge in [0.2, 0.25) is 5.91 Å². The van der Waals surface area contributed by atoms with Crippen LogP contribution < -0.4 is 10.1 Å². The van der Waals surface area contributed by atoms with Gasteiger partial charge in [-0.25, -0.2) is 0 Å². The molecular formula is C20H18ClF3N2O4S. The molecule has 0 saturated carbocycles. The molecule has 0 aliphatic carbocycles. The first kappa shape index (κ1) is 24.5. The molecule has 0 spiro atoms.